The van der Waals surface area contributed by atoms with Crippen LogP contribution in [0.4, 0.5) is 10.1 Å². The lowest BCUT2D eigenvalue weighted by atomic mass is 9.90. The standard InChI is InChI=1S/C20H23ClFNO6S/c1-10(2)29-20(27)13-8-6-5-7-12(13)19(26)23(11(3)24)17-16(21)14(30-18(17)22)9-15(25)28-4/h10H,5-9H2,1-4H3. The third kappa shape index (κ3) is 5.26. The quantitative estimate of drug-likeness (QED) is 0.598. The van der Waals surface area contributed by atoms with Gasteiger partial charge in [0.05, 0.1) is 24.7 Å². The maximum Gasteiger partial charge on any atom is 0.334 e. The van der Waals surface area contributed by atoms with Crippen molar-refractivity contribution in [3.05, 3.63) is 26.2 Å². The smallest absolute Gasteiger partial charge is 0.334 e. The number of carbonyl (C=O) groups excluding carboxylic acids is 4. The van der Waals surface area contributed by atoms with Gasteiger partial charge in [0.1, 0.15) is 5.69 Å². The predicted molar refractivity (Wildman–Crippen MR) is 110 cm³/mol. The van der Waals surface area contributed by atoms with Crippen molar-refractivity contribution in [2.45, 2.75) is 59.0 Å². The minimum Gasteiger partial charge on any atom is -0.469 e. The molecule has 0 atom stereocenters. The van der Waals surface area contributed by atoms with Crippen LogP contribution in [0.1, 0.15) is 51.3 Å². The van der Waals surface area contributed by atoms with E-state index >= 15 is 0 Å². The summed E-state index contributed by atoms with van der Waals surface area (Å²) in [6, 6.07) is 0. The Labute approximate surface area is 182 Å². The van der Waals surface area contributed by atoms with Gasteiger partial charge < -0.3 is 9.47 Å². The average Bonchev–Trinajstić information content (AvgIpc) is 2.94. The summed E-state index contributed by atoms with van der Waals surface area (Å²) in [5, 5.41) is -1.10. The fraction of sp³-hybridized carbons (Fsp3) is 0.500. The van der Waals surface area contributed by atoms with Crippen molar-refractivity contribution in [3.8, 4) is 0 Å². The maximum atomic E-state index is 14.7. The highest BCUT2D eigenvalue weighted by molar-refractivity contribution is 7.11. The van der Waals surface area contributed by atoms with E-state index in [0.717, 1.165) is 6.92 Å². The average molecular weight is 460 g/mol. The van der Waals surface area contributed by atoms with Gasteiger partial charge in [0, 0.05) is 22.9 Å². The molecule has 7 nitrogen and oxygen atoms in total. The summed E-state index contributed by atoms with van der Waals surface area (Å²) in [4.78, 5) is 50.3. The monoisotopic (exact) mass is 459 g/mol. The van der Waals surface area contributed by atoms with Crippen molar-refractivity contribution in [1.82, 2.24) is 0 Å². The minimum absolute atomic E-state index is 0.110. The third-order valence-electron chi connectivity index (χ3n) is 4.44. The molecule has 1 aliphatic rings. The molecule has 10 heteroatoms. The van der Waals surface area contributed by atoms with Gasteiger partial charge in [-0.05, 0) is 39.5 Å². The van der Waals surface area contributed by atoms with Crippen LogP contribution in [-0.2, 0) is 35.1 Å². The molecule has 0 saturated carbocycles. The zero-order valence-electron chi connectivity index (χ0n) is 17.2. The number of esters is 2. The lowest BCUT2D eigenvalue weighted by molar-refractivity contribution is -0.143. The third-order valence-corrected chi connectivity index (χ3v) is 5.93. The summed E-state index contributed by atoms with van der Waals surface area (Å²) in [7, 11) is 1.18. The number of ether oxygens (including phenoxy) is 2. The fourth-order valence-electron chi connectivity index (χ4n) is 3.11. The second-order valence-electron chi connectivity index (χ2n) is 6.99. The van der Waals surface area contributed by atoms with Crippen LogP contribution in [0.5, 0.6) is 0 Å². The molecule has 0 saturated heterocycles. The number of carbonyl (C=O) groups is 4. The first-order valence-corrected chi connectivity index (χ1v) is 10.6. The fourth-order valence-corrected chi connectivity index (χ4v) is 4.40. The van der Waals surface area contributed by atoms with E-state index in [-0.39, 0.29) is 40.0 Å². The van der Waals surface area contributed by atoms with Crippen LogP contribution >= 0.6 is 22.9 Å². The molecule has 0 aliphatic heterocycles. The van der Waals surface area contributed by atoms with Crippen LogP contribution in [0.3, 0.4) is 0 Å². The number of rotatable bonds is 6. The number of imide groups is 1. The molecule has 1 aromatic rings. The lowest BCUT2D eigenvalue weighted by Gasteiger charge is -2.25. The summed E-state index contributed by atoms with van der Waals surface area (Å²) in [5.41, 5.74) is -0.126. The van der Waals surface area contributed by atoms with Crippen molar-refractivity contribution >= 4 is 52.4 Å². The molecule has 30 heavy (non-hydrogen) atoms. The molecule has 0 aromatic carbocycles. The van der Waals surface area contributed by atoms with Gasteiger partial charge in [-0.25, -0.2) is 9.69 Å². The Bertz CT molecular complexity index is 907. The summed E-state index contributed by atoms with van der Waals surface area (Å²) in [6.45, 7) is 4.48. The number of nitrogens with zero attached hydrogens (tertiary/aromatic N) is 1. The first-order chi connectivity index (χ1) is 14.1. The number of hydrogen-bond donors (Lipinski definition) is 0. The van der Waals surface area contributed by atoms with Gasteiger partial charge >= 0.3 is 11.9 Å². The Kier molecular flexibility index (Phi) is 8.14. The van der Waals surface area contributed by atoms with Gasteiger partial charge in [-0.15, -0.1) is 11.3 Å². The van der Waals surface area contributed by atoms with E-state index in [2.05, 4.69) is 4.74 Å². The van der Waals surface area contributed by atoms with Crippen molar-refractivity contribution in [3.63, 3.8) is 0 Å². The molecule has 0 radical (unpaired) electrons. The zero-order chi connectivity index (χ0) is 22.6. The number of hydrogen-bond acceptors (Lipinski definition) is 7. The first kappa shape index (κ1) is 24.0. The van der Waals surface area contributed by atoms with E-state index in [4.69, 9.17) is 16.3 Å². The van der Waals surface area contributed by atoms with Gasteiger partial charge in [0.25, 0.3) is 5.91 Å². The minimum atomic E-state index is -0.884. The van der Waals surface area contributed by atoms with Crippen molar-refractivity contribution < 1.29 is 33.0 Å². The molecule has 0 fully saturated rings. The maximum absolute atomic E-state index is 14.7. The number of amides is 2. The summed E-state index contributed by atoms with van der Waals surface area (Å²) in [5.74, 6) is -2.85. The first-order valence-electron chi connectivity index (χ1n) is 9.39. The van der Waals surface area contributed by atoms with Crippen molar-refractivity contribution in [2.75, 3.05) is 12.0 Å². The Hall–Kier alpha value is -2.26. The number of anilines is 1. The van der Waals surface area contributed by atoms with Gasteiger partial charge in [0.15, 0.2) is 0 Å². The molecule has 2 amide bonds. The summed E-state index contributed by atoms with van der Waals surface area (Å²) < 4.78 is 24.5. The highest BCUT2D eigenvalue weighted by Crippen LogP contribution is 2.41. The van der Waals surface area contributed by atoms with Gasteiger partial charge in [-0.1, -0.05) is 11.6 Å². The largest absolute Gasteiger partial charge is 0.469 e. The van der Waals surface area contributed by atoms with Crippen LogP contribution in [0.25, 0.3) is 0 Å². The van der Waals surface area contributed by atoms with Crippen LogP contribution in [0, 0.1) is 5.13 Å². The molecule has 164 valence electrons. The molecule has 0 bridgehead atoms. The molecular weight excluding hydrogens is 437 g/mol. The van der Waals surface area contributed by atoms with Gasteiger partial charge in [-0.3, -0.25) is 14.4 Å². The molecule has 0 unspecified atom stereocenters. The van der Waals surface area contributed by atoms with Crippen LogP contribution < -0.4 is 4.90 Å². The van der Waals surface area contributed by atoms with E-state index in [9.17, 15) is 23.6 Å². The zero-order valence-corrected chi connectivity index (χ0v) is 18.7. The normalized spacial score (nSPS) is 14.0. The predicted octanol–water partition coefficient (Wildman–Crippen LogP) is 3.96. The molecule has 1 aromatic heterocycles. The topological polar surface area (TPSA) is 90.0 Å². The van der Waals surface area contributed by atoms with Gasteiger partial charge in [-0.2, -0.15) is 4.39 Å². The number of halogens is 2. The highest BCUT2D eigenvalue weighted by atomic mass is 35.5. The van der Waals surface area contributed by atoms with E-state index in [1.807, 2.05) is 0 Å². The highest BCUT2D eigenvalue weighted by Gasteiger charge is 2.35. The van der Waals surface area contributed by atoms with E-state index in [1.54, 1.807) is 13.8 Å². The van der Waals surface area contributed by atoms with Crippen LogP contribution in [-0.4, -0.2) is 37.0 Å². The summed E-state index contributed by atoms with van der Waals surface area (Å²) in [6.07, 6.45) is 1.23. The SMILES string of the molecule is COC(=O)Cc1sc(F)c(N(C(C)=O)C(=O)C2=C(C(=O)OC(C)C)CCCC2)c1Cl. The van der Waals surface area contributed by atoms with E-state index in [0.29, 0.717) is 35.5 Å². The Morgan fingerprint density at radius 3 is 2.30 bits per heavy atom. The molecule has 1 aliphatic carbocycles. The Balaban J connectivity index is 2.51. The van der Waals surface area contributed by atoms with E-state index in [1.165, 1.54) is 7.11 Å². The Morgan fingerprint density at radius 1 is 1.17 bits per heavy atom. The Morgan fingerprint density at radius 2 is 1.77 bits per heavy atom. The van der Waals surface area contributed by atoms with E-state index < -0.39 is 34.6 Å². The second-order valence-corrected chi connectivity index (χ2v) is 8.43. The molecular formula is C20H23ClFNO6S. The second kappa shape index (κ2) is 10.2. The molecule has 1 heterocycles. The number of methoxy groups -OCH3 is 1. The van der Waals surface area contributed by atoms with Crippen molar-refractivity contribution in [1.29, 1.82) is 0 Å². The molecule has 0 spiro atoms. The van der Waals surface area contributed by atoms with Crippen LogP contribution in [0.2, 0.25) is 5.02 Å². The molecule has 2 rings (SSSR count). The summed E-state index contributed by atoms with van der Waals surface area (Å²) >= 11 is 6.79. The van der Waals surface area contributed by atoms with Gasteiger partial charge in [0.2, 0.25) is 11.0 Å². The number of thiophene rings is 1. The molecule has 0 N–H and O–H groups in total. The van der Waals surface area contributed by atoms with Crippen LogP contribution in [0.15, 0.2) is 11.1 Å². The van der Waals surface area contributed by atoms with Crippen molar-refractivity contribution in [2.24, 2.45) is 0 Å². The lowest BCUT2D eigenvalue weighted by Crippen LogP contribution is -2.38.